The Kier molecular flexibility index (Phi) is 43.8. The van der Waals surface area contributed by atoms with E-state index in [1.807, 2.05) is 0 Å². The predicted octanol–water partition coefficient (Wildman–Crippen LogP) is -3.87. The lowest BCUT2D eigenvalue weighted by Gasteiger charge is -2.31. The number of carboxylic acid groups (broad SMARTS) is 2. The van der Waals surface area contributed by atoms with Crippen molar-refractivity contribution in [2.75, 3.05) is 31.2 Å². The number of nitrogens with one attached hydrogen (secondary N) is 17. The first kappa shape index (κ1) is 115. The van der Waals surface area contributed by atoms with Crippen LogP contribution in [0.2, 0.25) is 0 Å². The highest BCUT2D eigenvalue weighted by atomic mass is 32.1. The lowest BCUT2D eigenvalue weighted by Crippen LogP contribution is -2.62. The average molecular weight is 2040 g/mol. The van der Waals surface area contributed by atoms with Crippen LogP contribution in [0.5, 0.6) is 5.75 Å². The fourth-order valence-corrected chi connectivity index (χ4v) is 16.8. The number of nitrogens with two attached hydrogens (primary N) is 5. The number of carbonyl (C=O) groups excluding carboxylic acids is 18. The van der Waals surface area contributed by atoms with Crippen molar-refractivity contribution in [2.24, 2.45) is 46.4 Å². The summed E-state index contributed by atoms with van der Waals surface area (Å²) in [6.45, 7) is 8.42. The van der Waals surface area contributed by atoms with Crippen LogP contribution in [0.25, 0.3) is 32.7 Å². The predicted molar refractivity (Wildman–Crippen MR) is 530 cm³/mol. The quantitative estimate of drug-likeness (QED) is 0.0128. The Morgan fingerprint density at radius 2 is 0.792 bits per heavy atom. The molecule has 780 valence electrons. The van der Waals surface area contributed by atoms with Gasteiger partial charge in [0.1, 0.15) is 96.4 Å². The second kappa shape index (κ2) is 55.1. The standard InChI is InChI=1S/C95H129N23O24S2/c1-46(2)32-63(110-92(138)78(47(3)4)117-87(133)67(39-77(124)125)109-90(136)72(45-144)115-93(139)79(48(5)6)116-86(132)65(106-80(126)57(97)37-75(99)122)35-51-41-102-59-20-11-8-17-55(51)59)83(129)104-61(22-13-14-30-96)81(127)107-64(34-50-40-101-58-19-10-7-16-54(50)58)84(130)105-62(28-29-74(98)121)82(128)111-68(36-52-42-103-60-21-12-9-18-56(52)60)94(140)118-31-15-23-73(118)91(137)114-71(44-143)89(135)108-66(38-76(100)123)85(131)113-70(43-119)88(134)112-69(95(141)142)33-49-24-26-53(120)27-25-49/h7-12,16-21,24-27,40-42,46-48,57,61-73,78-79,101-103,119-120,143-144H,13-15,22-23,28-39,43-45,96-97H2,1-6H3,(H2,98,121)(H2,99,122)(H2,100,123)(H,104,129)(H,105,130)(H,106,126)(H,107,127)(H,108,135)(H,109,136)(H,110,138)(H,111,128)(H,112,134)(H,113,131)(H,114,137)(H,115,139)(H,116,132)(H,117,133)(H,124,125)(H,141,142)/t57-,61-,62-,63-,64-,65-,66-,67-,68-,69-,70-,71-,72-,73-,78-,79-/m0/s1. The third-order valence-electron chi connectivity index (χ3n) is 24.0. The number of aliphatic hydroxyl groups is 1. The van der Waals surface area contributed by atoms with Crippen LogP contribution < -0.4 is 103 Å². The first-order chi connectivity index (χ1) is 68.3. The summed E-state index contributed by atoms with van der Waals surface area (Å²) in [4.78, 5) is 290. The van der Waals surface area contributed by atoms with E-state index in [0.29, 0.717) is 61.4 Å². The number of primary amides is 3. The zero-order valence-electron chi connectivity index (χ0n) is 80.3. The van der Waals surface area contributed by atoms with Crippen molar-refractivity contribution in [1.82, 2.24) is 94.3 Å². The molecule has 1 aliphatic rings. The molecule has 49 heteroatoms. The lowest BCUT2D eigenvalue weighted by molar-refractivity contribution is -0.143. The molecular formula is C95H129N23O24S2. The van der Waals surface area contributed by atoms with E-state index in [-0.39, 0.29) is 76.6 Å². The van der Waals surface area contributed by atoms with Gasteiger partial charge >= 0.3 is 11.9 Å². The third kappa shape index (κ3) is 33.7. The van der Waals surface area contributed by atoms with Gasteiger partial charge in [0, 0.05) is 101 Å². The summed E-state index contributed by atoms with van der Waals surface area (Å²) in [7, 11) is 0. The number of likely N-dealkylation sites (tertiary alicyclic amines) is 1. The monoisotopic (exact) mass is 2040 g/mol. The Labute approximate surface area is 838 Å². The van der Waals surface area contributed by atoms with Crippen molar-refractivity contribution in [3.63, 3.8) is 0 Å². The number of rotatable bonds is 58. The molecule has 0 spiro atoms. The molecule has 144 heavy (non-hydrogen) atoms. The minimum Gasteiger partial charge on any atom is -0.508 e. The highest BCUT2D eigenvalue weighted by molar-refractivity contribution is 7.80. The number of nitrogens with zero attached hydrogens (tertiary/aromatic N) is 1. The third-order valence-corrected chi connectivity index (χ3v) is 24.7. The zero-order chi connectivity index (χ0) is 106. The number of fused-ring (bicyclic) bond motifs is 3. The number of carboxylic acids is 2. The van der Waals surface area contributed by atoms with Gasteiger partial charge < -0.3 is 143 Å². The van der Waals surface area contributed by atoms with Crippen molar-refractivity contribution in [1.29, 1.82) is 0 Å². The van der Waals surface area contributed by atoms with Gasteiger partial charge in [-0.1, -0.05) is 108 Å². The minimum atomic E-state index is -1.97. The lowest BCUT2D eigenvalue weighted by atomic mass is 9.98. The Morgan fingerprint density at radius 1 is 0.410 bits per heavy atom. The molecule has 0 aliphatic carbocycles. The normalized spacial score (nSPS) is 15.6. The van der Waals surface area contributed by atoms with E-state index in [2.05, 4.69) is 115 Å². The van der Waals surface area contributed by atoms with E-state index in [0.717, 1.165) is 4.90 Å². The van der Waals surface area contributed by atoms with Crippen LogP contribution in [-0.2, 0) is 122 Å². The number of unbranched alkanes of at least 4 members (excludes halogenated alkanes) is 1. The number of phenols is 1. The van der Waals surface area contributed by atoms with Gasteiger partial charge in [-0.3, -0.25) is 91.1 Å². The first-order valence-electron chi connectivity index (χ1n) is 46.9. The van der Waals surface area contributed by atoms with E-state index in [4.69, 9.17) is 28.7 Å². The number of thiol groups is 2. The summed E-state index contributed by atoms with van der Waals surface area (Å²) in [5.74, 6) is -24.8. The second-order valence-electron chi connectivity index (χ2n) is 36.3. The Bertz CT molecular complexity index is 5770. The zero-order valence-corrected chi connectivity index (χ0v) is 82.1. The van der Waals surface area contributed by atoms with Gasteiger partial charge in [-0.25, -0.2) is 4.79 Å². The maximum atomic E-state index is 15.5. The first-order valence-corrected chi connectivity index (χ1v) is 48.2. The fourth-order valence-electron chi connectivity index (χ4n) is 16.3. The molecule has 1 saturated heterocycles. The fraction of sp³-hybridized carbons (Fsp3) is 0.474. The molecule has 31 N–H and O–H groups in total. The molecule has 18 amide bonds. The molecule has 4 aromatic carbocycles. The molecule has 1 aliphatic heterocycles. The largest absolute Gasteiger partial charge is 0.508 e. The van der Waals surface area contributed by atoms with Gasteiger partial charge in [-0.05, 0) is 122 Å². The molecule has 16 atom stereocenters. The van der Waals surface area contributed by atoms with Crippen molar-refractivity contribution < 1.29 is 116 Å². The molecule has 0 unspecified atom stereocenters. The summed E-state index contributed by atoms with van der Waals surface area (Å²) in [6.07, 6.45) is 0.346. The van der Waals surface area contributed by atoms with Crippen molar-refractivity contribution in [3.05, 3.63) is 138 Å². The minimum absolute atomic E-state index is 0.0360. The number of carbonyl (C=O) groups is 20. The number of benzene rings is 4. The number of aliphatic carboxylic acids is 2. The molecule has 0 bridgehead atoms. The number of H-pyrrole nitrogens is 3. The van der Waals surface area contributed by atoms with Crippen LogP contribution in [0.15, 0.2) is 116 Å². The summed E-state index contributed by atoms with van der Waals surface area (Å²) in [6, 6.07) is 0.200. The smallest absolute Gasteiger partial charge is 0.326 e. The number of aromatic amines is 3. The van der Waals surface area contributed by atoms with E-state index < -0.39 is 283 Å². The number of hydrogen-bond donors (Lipinski definition) is 28. The van der Waals surface area contributed by atoms with Crippen molar-refractivity contribution in [3.8, 4) is 5.75 Å². The van der Waals surface area contributed by atoms with Gasteiger partial charge in [0.25, 0.3) is 0 Å². The number of phenolic OH excluding ortho intramolecular Hbond substituents is 1. The average Bonchev–Trinajstić information content (AvgIpc) is 1.64. The second-order valence-corrected chi connectivity index (χ2v) is 37.0. The Balaban J connectivity index is 0.987. The molecule has 4 heterocycles. The number of hydrogen-bond acceptors (Lipinski definition) is 26. The molecule has 0 radical (unpaired) electrons. The number of aromatic nitrogens is 3. The van der Waals surface area contributed by atoms with E-state index >= 15 is 24.0 Å². The summed E-state index contributed by atoms with van der Waals surface area (Å²) in [5, 5.41) is 77.0. The van der Waals surface area contributed by atoms with Crippen LogP contribution in [0, 0.1) is 17.8 Å². The number of amides is 18. The maximum absolute atomic E-state index is 15.5. The highest BCUT2D eigenvalue weighted by Gasteiger charge is 2.44. The van der Waals surface area contributed by atoms with Gasteiger partial charge in [0.15, 0.2) is 0 Å². The van der Waals surface area contributed by atoms with Crippen LogP contribution in [-0.4, -0.2) is 286 Å². The molecule has 47 nitrogen and oxygen atoms in total. The summed E-state index contributed by atoms with van der Waals surface area (Å²) < 4.78 is 0. The molecular weight excluding hydrogens is 1910 g/mol. The van der Waals surface area contributed by atoms with Gasteiger partial charge in [0.2, 0.25) is 106 Å². The van der Waals surface area contributed by atoms with Crippen LogP contribution in [0.1, 0.15) is 134 Å². The molecule has 7 aromatic rings. The summed E-state index contributed by atoms with van der Waals surface area (Å²) >= 11 is 8.55. The molecule has 3 aromatic heterocycles. The van der Waals surface area contributed by atoms with Gasteiger partial charge in [-0.15, -0.1) is 0 Å². The van der Waals surface area contributed by atoms with Crippen LogP contribution >= 0.6 is 25.3 Å². The van der Waals surface area contributed by atoms with E-state index in [1.165, 1.54) is 38.1 Å². The van der Waals surface area contributed by atoms with Gasteiger partial charge in [-0.2, -0.15) is 25.3 Å². The molecule has 1 fully saturated rings. The topological polar surface area (TPSA) is 771 Å². The number of para-hydroxylation sites is 3. The Hall–Kier alpha value is -14.7. The van der Waals surface area contributed by atoms with Crippen LogP contribution in [0.4, 0.5) is 0 Å². The van der Waals surface area contributed by atoms with E-state index in [1.54, 1.807) is 119 Å². The summed E-state index contributed by atoms with van der Waals surface area (Å²) in [5.41, 5.74) is 32.2. The molecule has 0 saturated carbocycles. The number of aromatic hydroxyl groups is 1. The SMILES string of the molecule is CC(C)C[C@H](NC(=O)[C@@H](NC(=O)[C@H](CC(=O)O)NC(=O)[C@H](CS)NC(=O)[C@@H](NC(=O)[C@H](Cc1c[nH]c2ccccc12)NC(=O)[C@@H](N)CC(N)=O)C(C)C)C(C)C)C(=O)N[C@@H](CCCCN)C(=O)N[C@@H](Cc1c[nH]c2ccccc12)C(=O)N[C@@H](CCC(N)=O)C(=O)N[C@@H](Cc1c[nH]c2ccccc12)C(=O)N1CCC[C@H]1C(=O)N[C@@H](CS)C(=O)N[C@@H](CC(N)=O)C(=O)N[C@@H](CO)C(=O)N[C@@H](Cc1ccc(O)cc1)C(=O)O. The maximum Gasteiger partial charge on any atom is 0.326 e. The van der Waals surface area contributed by atoms with Crippen molar-refractivity contribution in [2.45, 2.75) is 235 Å². The Morgan fingerprint density at radius 3 is 1.25 bits per heavy atom. The van der Waals surface area contributed by atoms with Gasteiger partial charge in [0.05, 0.1) is 31.9 Å². The molecule has 8 rings (SSSR count). The van der Waals surface area contributed by atoms with Crippen LogP contribution in [0.3, 0.4) is 0 Å². The highest BCUT2D eigenvalue weighted by Crippen LogP contribution is 2.27. The van der Waals surface area contributed by atoms with E-state index in [9.17, 15) is 92.3 Å². The number of aliphatic hydroxyl groups excluding tert-OH is 1. The van der Waals surface area contributed by atoms with Crippen molar-refractivity contribution >= 4 is 176 Å².